The molecule has 7 nitrogen and oxygen atoms in total. The van der Waals surface area contributed by atoms with E-state index in [0.29, 0.717) is 12.2 Å². The van der Waals surface area contributed by atoms with Crippen molar-refractivity contribution in [1.29, 1.82) is 0 Å². The van der Waals surface area contributed by atoms with Crippen molar-refractivity contribution in [2.75, 3.05) is 5.32 Å². The van der Waals surface area contributed by atoms with Crippen LogP contribution in [0.2, 0.25) is 0 Å². The van der Waals surface area contributed by atoms with Crippen molar-refractivity contribution < 1.29 is 0 Å². The van der Waals surface area contributed by atoms with Crippen LogP contribution >= 0.6 is 0 Å². The molecule has 0 radical (unpaired) electrons. The van der Waals surface area contributed by atoms with Gasteiger partial charge in [-0.2, -0.15) is 5.10 Å². The quantitative estimate of drug-likeness (QED) is 0.588. The predicted octanol–water partition coefficient (Wildman–Crippen LogP) is 1.61. The van der Waals surface area contributed by atoms with Gasteiger partial charge in [0.05, 0.1) is 11.8 Å². The number of rotatable bonds is 3. The Labute approximate surface area is 113 Å². The molecule has 7 heteroatoms. The zero-order valence-electron chi connectivity index (χ0n) is 10.5. The number of nitrogens with one attached hydrogen (secondary N) is 2. The molecule has 98 valence electrons. The maximum atomic E-state index is 4.25. The minimum absolute atomic E-state index is 0.654. The summed E-state index contributed by atoms with van der Waals surface area (Å²) in [6.45, 7) is 0.654. The first-order chi connectivity index (χ1) is 9.92. The SMILES string of the molecule is c1cc(CNc2ncnc3nc[nH]c23)c2ccnn2c1. The van der Waals surface area contributed by atoms with Crippen molar-refractivity contribution >= 4 is 22.5 Å². The van der Waals surface area contributed by atoms with Gasteiger partial charge in [-0.1, -0.05) is 6.07 Å². The Hall–Kier alpha value is -2.96. The highest BCUT2D eigenvalue weighted by Gasteiger charge is 2.06. The Kier molecular flexibility index (Phi) is 2.35. The van der Waals surface area contributed by atoms with Crippen LogP contribution in [0.3, 0.4) is 0 Å². The Balaban J connectivity index is 1.67. The Morgan fingerprint density at radius 3 is 3.20 bits per heavy atom. The fourth-order valence-electron chi connectivity index (χ4n) is 2.24. The van der Waals surface area contributed by atoms with Crippen LogP contribution in [0.15, 0.2) is 43.2 Å². The molecule has 0 aliphatic carbocycles. The summed E-state index contributed by atoms with van der Waals surface area (Å²) in [5.41, 5.74) is 3.70. The number of H-pyrrole nitrogens is 1. The molecule has 4 rings (SSSR count). The zero-order valence-corrected chi connectivity index (χ0v) is 10.5. The van der Waals surface area contributed by atoms with Gasteiger partial charge in [-0.25, -0.2) is 19.5 Å². The molecular formula is C13H11N7. The monoisotopic (exact) mass is 265 g/mol. The molecule has 0 amide bonds. The molecular weight excluding hydrogens is 254 g/mol. The lowest BCUT2D eigenvalue weighted by molar-refractivity contribution is 0.947. The van der Waals surface area contributed by atoms with Crippen LogP contribution in [0.1, 0.15) is 5.56 Å². The molecule has 2 N–H and O–H groups in total. The highest BCUT2D eigenvalue weighted by atomic mass is 15.2. The average molecular weight is 265 g/mol. The largest absolute Gasteiger partial charge is 0.364 e. The fourth-order valence-corrected chi connectivity index (χ4v) is 2.24. The van der Waals surface area contributed by atoms with Crippen molar-refractivity contribution in [3.8, 4) is 0 Å². The van der Waals surface area contributed by atoms with Gasteiger partial charge in [-0.15, -0.1) is 0 Å². The van der Waals surface area contributed by atoms with Crippen molar-refractivity contribution in [2.45, 2.75) is 6.54 Å². The summed E-state index contributed by atoms with van der Waals surface area (Å²) in [5.74, 6) is 0.744. The van der Waals surface area contributed by atoms with Crippen molar-refractivity contribution in [3.05, 3.63) is 48.8 Å². The number of nitrogens with zero attached hydrogens (tertiary/aromatic N) is 5. The number of imidazole rings is 1. The number of hydrogen-bond acceptors (Lipinski definition) is 5. The third-order valence-corrected chi connectivity index (χ3v) is 3.19. The molecule has 0 bridgehead atoms. The zero-order chi connectivity index (χ0) is 13.4. The molecule has 0 aliphatic rings. The Morgan fingerprint density at radius 1 is 1.20 bits per heavy atom. The standard InChI is InChI=1S/C13H11N7/c1-2-9(10-3-4-19-20(10)5-1)6-14-12-11-13(16-7-15-11)18-8-17-12/h1-5,7-8H,6H2,(H2,14,15,16,17,18). The summed E-state index contributed by atoms with van der Waals surface area (Å²) in [6.07, 6.45) is 6.83. The van der Waals surface area contributed by atoms with E-state index in [1.807, 2.05) is 22.8 Å². The first-order valence-corrected chi connectivity index (χ1v) is 6.21. The highest BCUT2D eigenvalue weighted by molar-refractivity contribution is 5.82. The van der Waals surface area contributed by atoms with Gasteiger partial charge in [-0.3, -0.25) is 0 Å². The molecule has 4 heterocycles. The molecule has 0 spiro atoms. The summed E-state index contributed by atoms with van der Waals surface area (Å²) >= 11 is 0. The van der Waals surface area contributed by atoms with Crippen LogP contribution in [0.4, 0.5) is 5.82 Å². The van der Waals surface area contributed by atoms with E-state index in [1.54, 1.807) is 12.5 Å². The van der Waals surface area contributed by atoms with Gasteiger partial charge in [0, 0.05) is 18.9 Å². The lowest BCUT2D eigenvalue weighted by Crippen LogP contribution is -2.04. The van der Waals surface area contributed by atoms with E-state index < -0.39 is 0 Å². The molecule has 0 saturated carbocycles. The lowest BCUT2D eigenvalue weighted by Gasteiger charge is -2.07. The van der Waals surface area contributed by atoms with E-state index in [1.165, 1.54) is 6.33 Å². The van der Waals surface area contributed by atoms with E-state index in [4.69, 9.17) is 0 Å². The minimum atomic E-state index is 0.654. The number of anilines is 1. The second-order valence-electron chi connectivity index (χ2n) is 4.37. The first kappa shape index (κ1) is 10.9. The van der Waals surface area contributed by atoms with Gasteiger partial charge in [-0.05, 0) is 17.7 Å². The number of pyridine rings is 1. The maximum absolute atomic E-state index is 4.25. The van der Waals surface area contributed by atoms with Crippen molar-refractivity contribution in [1.82, 2.24) is 29.5 Å². The smallest absolute Gasteiger partial charge is 0.182 e. The van der Waals surface area contributed by atoms with Gasteiger partial charge >= 0.3 is 0 Å². The van der Waals surface area contributed by atoms with Gasteiger partial charge < -0.3 is 10.3 Å². The van der Waals surface area contributed by atoms with Crippen LogP contribution in [-0.2, 0) is 6.54 Å². The second kappa shape index (κ2) is 4.30. The summed E-state index contributed by atoms with van der Waals surface area (Å²) < 4.78 is 1.85. The van der Waals surface area contributed by atoms with Crippen molar-refractivity contribution in [2.24, 2.45) is 0 Å². The number of aromatic amines is 1. The molecule has 4 aromatic rings. The van der Waals surface area contributed by atoms with E-state index in [2.05, 4.69) is 36.4 Å². The number of aromatic nitrogens is 6. The Morgan fingerprint density at radius 2 is 2.20 bits per heavy atom. The summed E-state index contributed by atoms with van der Waals surface area (Å²) in [5, 5.41) is 7.53. The number of fused-ring (bicyclic) bond motifs is 2. The normalized spacial score (nSPS) is 11.2. The molecule has 20 heavy (non-hydrogen) atoms. The lowest BCUT2D eigenvalue weighted by atomic mass is 10.2. The second-order valence-corrected chi connectivity index (χ2v) is 4.37. The van der Waals surface area contributed by atoms with E-state index >= 15 is 0 Å². The topological polar surface area (TPSA) is 83.8 Å². The highest BCUT2D eigenvalue weighted by Crippen LogP contribution is 2.17. The fraction of sp³-hybridized carbons (Fsp3) is 0.0769. The summed E-state index contributed by atoms with van der Waals surface area (Å²) in [6, 6.07) is 6.03. The molecule has 0 saturated heterocycles. The third kappa shape index (κ3) is 1.68. The van der Waals surface area contributed by atoms with Crippen molar-refractivity contribution in [3.63, 3.8) is 0 Å². The van der Waals surface area contributed by atoms with Gasteiger partial charge in [0.1, 0.15) is 11.8 Å². The first-order valence-electron chi connectivity index (χ1n) is 6.21. The molecule has 0 aromatic carbocycles. The summed E-state index contributed by atoms with van der Waals surface area (Å²) in [4.78, 5) is 15.5. The summed E-state index contributed by atoms with van der Waals surface area (Å²) in [7, 11) is 0. The van der Waals surface area contributed by atoms with Gasteiger partial charge in [0.2, 0.25) is 0 Å². The van der Waals surface area contributed by atoms with Gasteiger partial charge in [0.25, 0.3) is 0 Å². The molecule has 0 aliphatic heterocycles. The molecule has 0 atom stereocenters. The van der Waals surface area contributed by atoms with E-state index in [-0.39, 0.29) is 0 Å². The number of hydrogen-bond donors (Lipinski definition) is 2. The third-order valence-electron chi connectivity index (χ3n) is 3.19. The Bertz CT molecular complexity index is 802. The molecule has 0 fully saturated rings. The van der Waals surface area contributed by atoms with Gasteiger partial charge in [0.15, 0.2) is 11.5 Å². The predicted molar refractivity (Wildman–Crippen MR) is 74.2 cm³/mol. The maximum Gasteiger partial charge on any atom is 0.182 e. The average Bonchev–Trinajstić information content (AvgIpc) is 3.13. The van der Waals surface area contributed by atoms with E-state index in [9.17, 15) is 0 Å². The van der Waals surface area contributed by atoms with Crippen LogP contribution in [0.25, 0.3) is 16.7 Å². The van der Waals surface area contributed by atoms with Crippen LogP contribution in [0, 0.1) is 0 Å². The molecule has 0 unspecified atom stereocenters. The minimum Gasteiger partial charge on any atom is -0.364 e. The van der Waals surface area contributed by atoms with Crippen LogP contribution in [0.5, 0.6) is 0 Å². The van der Waals surface area contributed by atoms with Crippen LogP contribution < -0.4 is 5.32 Å². The van der Waals surface area contributed by atoms with Crippen LogP contribution in [-0.4, -0.2) is 29.5 Å². The molecule has 4 aromatic heterocycles. The van der Waals surface area contributed by atoms with E-state index in [0.717, 1.165) is 22.4 Å².